The van der Waals surface area contributed by atoms with Gasteiger partial charge in [0.15, 0.2) is 0 Å². The molecule has 0 saturated carbocycles. The molecule has 3 heterocycles. The molecule has 3 aromatic rings. The average molecular weight is 285 g/mol. The van der Waals surface area contributed by atoms with Crippen LogP contribution in [-0.4, -0.2) is 43.1 Å². The van der Waals surface area contributed by atoms with Gasteiger partial charge in [0.2, 0.25) is 11.8 Å². The van der Waals surface area contributed by atoms with Gasteiger partial charge < -0.3 is 4.90 Å². The van der Waals surface area contributed by atoms with Crippen molar-refractivity contribution in [2.45, 2.75) is 12.8 Å². The lowest BCUT2D eigenvalue weighted by molar-refractivity contribution is 0.628. The third-order valence-corrected chi connectivity index (χ3v) is 3.53. The molecule has 0 aliphatic carbocycles. The summed E-state index contributed by atoms with van der Waals surface area (Å²) in [4.78, 5) is 2.13. The molecule has 7 nitrogen and oxygen atoms in total. The smallest absolute Gasteiger partial charge is 0.292 e. The fourth-order valence-electron chi connectivity index (χ4n) is 2.45. The van der Waals surface area contributed by atoms with Crippen molar-refractivity contribution < 1.29 is 4.39 Å². The van der Waals surface area contributed by atoms with Crippen LogP contribution in [0.2, 0.25) is 0 Å². The number of anilines is 1. The van der Waals surface area contributed by atoms with E-state index in [1.165, 1.54) is 12.1 Å². The van der Waals surface area contributed by atoms with E-state index in [0.717, 1.165) is 25.9 Å². The molecule has 1 aliphatic heterocycles. The van der Waals surface area contributed by atoms with Crippen molar-refractivity contribution in [3.8, 4) is 11.4 Å². The first kappa shape index (κ1) is 12.1. The molecule has 4 rings (SSSR count). The quantitative estimate of drug-likeness (QED) is 0.707. The Kier molecular flexibility index (Phi) is 2.73. The summed E-state index contributed by atoms with van der Waals surface area (Å²) < 4.78 is 14.6. The monoisotopic (exact) mass is 285 g/mol. The maximum atomic E-state index is 13.0. The highest BCUT2D eigenvalue weighted by Crippen LogP contribution is 2.19. The molecule has 106 valence electrons. The van der Waals surface area contributed by atoms with Crippen molar-refractivity contribution in [3.63, 3.8) is 0 Å². The van der Waals surface area contributed by atoms with E-state index in [9.17, 15) is 4.39 Å². The first-order valence-corrected chi connectivity index (χ1v) is 6.78. The van der Waals surface area contributed by atoms with Crippen LogP contribution < -0.4 is 4.90 Å². The molecule has 1 aliphatic rings. The fourth-order valence-corrected chi connectivity index (χ4v) is 2.45. The highest BCUT2D eigenvalue weighted by molar-refractivity contribution is 5.54. The number of hydrogen-bond acceptors (Lipinski definition) is 6. The predicted octanol–water partition coefficient (Wildman–Crippen LogP) is 1.32. The third-order valence-electron chi connectivity index (χ3n) is 3.53. The Morgan fingerprint density at radius 3 is 2.38 bits per heavy atom. The second-order valence-corrected chi connectivity index (χ2v) is 4.94. The molecule has 0 atom stereocenters. The summed E-state index contributed by atoms with van der Waals surface area (Å²) in [6, 6.07) is 5.99. The Morgan fingerprint density at radius 1 is 0.905 bits per heavy atom. The Balaban J connectivity index is 1.80. The van der Waals surface area contributed by atoms with Crippen molar-refractivity contribution >= 4 is 11.7 Å². The van der Waals surface area contributed by atoms with Crippen LogP contribution in [0.4, 0.5) is 10.3 Å². The van der Waals surface area contributed by atoms with Gasteiger partial charge >= 0.3 is 0 Å². The molecule has 0 spiro atoms. The summed E-state index contributed by atoms with van der Waals surface area (Å²) in [5.74, 6) is 1.17. The summed E-state index contributed by atoms with van der Waals surface area (Å²) in [5, 5.41) is 20.6. The number of hydrogen-bond donors (Lipinski definition) is 0. The van der Waals surface area contributed by atoms with Crippen LogP contribution in [0.1, 0.15) is 12.8 Å². The standard InChI is InChI=1S/C13H12FN7/c14-10-5-3-9(4-6-10)11-15-16-12-17-18-13(21(12)19-11)20-7-1-2-8-20/h3-6H,1-2,7-8H2. The van der Waals surface area contributed by atoms with Crippen molar-refractivity contribution in [1.82, 2.24) is 30.0 Å². The lowest BCUT2D eigenvalue weighted by Crippen LogP contribution is -2.21. The van der Waals surface area contributed by atoms with Crippen molar-refractivity contribution in [2.24, 2.45) is 0 Å². The van der Waals surface area contributed by atoms with Gasteiger partial charge in [-0.2, -0.15) is 4.52 Å². The first-order valence-electron chi connectivity index (χ1n) is 6.78. The highest BCUT2D eigenvalue weighted by atomic mass is 19.1. The summed E-state index contributed by atoms with van der Waals surface area (Å²) in [6.07, 6.45) is 2.27. The van der Waals surface area contributed by atoms with Gasteiger partial charge in [0, 0.05) is 18.7 Å². The van der Waals surface area contributed by atoms with Crippen molar-refractivity contribution in [2.75, 3.05) is 18.0 Å². The minimum absolute atomic E-state index is 0.296. The Labute approximate surface area is 119 Å². The van der Waals surface area contributed by atoms with Gasteiger partial charge in [0.05, 0.1) is 0 Å². The lowest BCUT2D eigenvalue weighted by Gasteiger charge is -2.13. The number of nitrogens with zero attached hydrogens (tertiary/aromatic N) is 7. The van der Waals surface area contributed by atoms with Crippen LogP contribution in [0.5, 0.6) is 0 Å². The number of rotatable bonds is 2. The van der Waals surface area contributed by atoms with Crippen molar-refractivity contribution in [3.05, 3.63) is 30.1 Å². The predicted molar refractivity (Wildman–Crippen MR) is 73.2 cm³/mol. The molecule has 0 unspecified atom stereocenters. The van der Waals surface area contributed by atoms with Crippen LogP contribution in [0.25, 0.3) is 17.2 Å². The van der Waals surface area contributed by atoms with Gasteiger partial charge in [-0.25, -0.2) is 4.39 Å². The molecule has 8 heteroatoms. The second-order valence-electron chi connectivity index (χ2n) is 4.94. The molecule has 1 saturated heterocycles. The summed E-state index contributed by atoms with van der Waals surface area (Å²) in [6.45, 7) is 1.88. The SMILES string of the molecule is Fc1ccc(-c2nnc3nnc(N4CCCC4)n3n2)cc1. The Bertz CT molecular complexity index is 777. The molecule has 2 aromatic heterocycles. The van der Waals surface area contributed by atoms with Gasteiger partial charge in [-0.15, -0.1) is 25.5 Å². The first-order chi connectivity index (χ1) is 10.3. The van der Waals surface area contributed by atoms with Crippen LogP contribution in [0.15, 0.2) is 24.3 Å². The summed E-state index contributed by atoms with van der Waals surface area (Å²) >= 11 is 0. The normalized spacial score (nSPS) is 15.0. The zero-order valence-corrected chi connectivity index (χ0v) is 11.1. The van der Waals surface area contributed by atoms with E-state index < -0.39 is 0 Å². The molecule has 1 fully saturated rings. The van der Waals surface area contributed by atoms with E-state index in [-0.39, 0.29) is 5.82 Å². The van der Waals surface area contributed by atoms with Gasteiger partial charge in [-0.1, -0.05) is 0 Å². The Hall–Kier alpha value is -2.64. The molecule has 0 amide bonds. The number of aromatic nitrogens is 6. The molecule has 0 N–H and O–H groups in total. The molecule has 0 bridgehead atoms. The topological polar surface area (TPSA) is 72.1 Å². The van der Waals surface area contributed by atoms with Crippen LogP contribution in [0, 0.1) is 5.82 Å². The van der Waals surface area contributed by atoms with E-state index in [1.54, 1.807) is 16.6 Å². The number of fused-ring (bicyclic) bond motifs is 1. The van der Waals surface area contributed by atoms with Gasteiger partial charge in [-0.05, 0) is 37.1 Å². The van der Waals surface area contributed by atoms with Crippen molar-refractivity contribution in [1.29, 1.82) is 0 Å². The van der Waals surface area contributed by atoms with E-state index in [1.807, 2.05) is 0 Å². The lowest BCUT2D eigenvalue weighted by atomic mass is 10.2. The highest BCUT2D eigenvalue weighted by Gasteiger charge is 2.20. The largest absolute Gasteiger partial charge is 0.339 e. The molecule has 21 heavy (non-hydrogen) atoms. The molecular formula is C13H12FN7. The van der Waals surface area contributed by atoms with E-state index in [2.05, 4.69) is 30.4 Å². The molecular weight excluding hydrogens is 273 g/mol. The third kappa shape index (κ3) is 2.08. The van der Waals surface area contributed by atoms with Gasteiger partial charge in [0.1, 0.15) is 5.82 Å². The van der Waals surface area contributed by atoms with Crippen LogP contribution >= 0.6 is 0 Å². The minimum atomic E-state index is -0.296. The maximum absolute atomic E-state index is 13.0. The zero-order chi connectivity index (χ0) is 14.2. The van der Waals surface area contributed by atoms with E-state index in [0.29, 0.717) is 23.1 Å². The van der Waals surface area contributed by atoms with Crippen LogP contribution in [-0.2, 0) is 0 Å². The average Bonchev–Trinajstić information content (AvgIpc) is 3.16. The van der Waals surface area contributed by atoms with E-state index >= 15 is 0 Å². The minimum Gasteiger partial charge on any atom is -0.339 e. The summed E-state index contributed by atoms with van der Waals surface area (Å²) in [5.41, 5.74) is 0.701. The fraction of sp³-hybridized carbons (Fsp3) is 0.308. The zero-order valence-electron chi connectivity index (χ0n) is 11.1. The Morgan fingerprint density at radius 2 is 1.62 bits per heavy atom. The molecule has 1 aromatic carbocycles. The number of benzene rings is 1. The van der Waals surface area contributed by atoms with Gasteiger partial charge in [-0.3, -0.25) is 0 Å². The number of halogens is 1. The van der Waals surface area contributed by atoms with E-state index in [4.69, 9.17) is 0 Å². The molecule has 0 radical (unpaired) electrons. The second kappa shape index (κ2) is 4.72. The maximum Gasteiger partial charge on any atom is 0.292 e. The van der Waals surface area contributed by atoms with Gasteiger partial charge in [0.25, 0.3) is 5.78 Å². The summed E-state index contributed by atoms with van der Waals surface area (Å²) in [7, 11) is 0. The van der Waals surface area contributed by atoms with Crippen LogP contribution in [0.3, 0.4) is 0 Å².